The number of nitrogens with zero attached hydrogens (tertiary/aromatic N) is 1. The van der Waals surface area contributed by atoms with Gasteiger partial charge in [-0.1, -0.05) is 29.8 Å². The van der Waals surface area contributed by atoms with Crippen molar-refractivity contribution in [3.05, 3.63) is 35.4 Å². The van der Waals surface area contributed by atoms with Crippen LogP contribution in [0.2, 0.25) is 0 Å². The van der Waals surface area contributed by atoms with Crippen molar-refractivity contribution in [3.8, 4) is 0 Å². The SMILES string of the molecule is Cc1ccc(CNC(=O)N[C@H]2C[C@H]3CO[C@H](C4CC4)CN3C2)cc1.O=CO. The van der Waals surface area contributed by atoms with Gasteiger partial charge in [0.15, 0.2) is 0 Å². The largest absolute Gasteiger partial charge is 0.483 e. The van der Waals surface area contributed by atoms with Gasteiger partial charge in [-0.05, 0) is 37.7 Å². The molecule has 4 rings (SSSR count). The van der Waals surface area contributed by atoms with Crippen LogP contribution in [0.15, 0.2) is 24.3 Å². The first-order chi connectivity index (χ1) is 13.1. The molecule has 2 aliphatic heterocycles. The van der Waals surface area contributed by atoms with E-state index in [2.05, 4.69) is 46.7 Å². The summed E-state index contributed by atoms with van der Waals surface area (Å²) in [4.78, 5) is 23.0. The van der Waals surface area contributed by atoms with Crippen molar-refractivity contribution >= 4 is 12.5 Å². The van der Waals surface area contributed by atoms with E-state index in [0.29, 0.717) is 18.7 Å². The van der Waals surface area contributed by atoms with Crippen LogP contribution >= 0.6 is 0 Å². The highest BCUT2D eigenvalue weighted by atomic mass is 16.5. The number of benzene rings is 1. The monoisotopic (exact) mass is 375 g/mol. The van der Waals surface area contributed by atoms with Crippen molar-refractivity contribution in [2.24, 2.45) is 5.92 Å². The van der Waals surface area contributed by atoms with Crippen LogP contribution < -0.4 is 10.6 Å². The molecule has 1 aliphatic carbocycles. The van der Waals surface area contributed by atoms with E-state index in [1.807, 2.05) is 0 Å². The van der Waals surface area contributed by atoms with Gasteiger partial charge < -0.3 is 20.5 Å². The van der Waals surface area contributed by atoms with Gasteiger partial charge in [-0.2, -0.15) is 0 Å². The highest BCUT2D eigenvalue weighted by Crippen LogP contribution is 2.37. The predicted molar refractivity (Wildman–Crippen MR) is 101 cm³/mol. The Hall–Kier alpha value is -2.12. The Morgan fingerprint density at radius 1 is 1.30 bits per heavy atom. The lowest BCUT2D eigenvalue weighted by Gasteiger charge is -2.35. The number of carboxylic acid groups (broad SMARTS) is 1. The molecule has 0 aromatic heterocycles. The van der Waals surface area contributed by atoms with Crippen molar-refractivity contribution in [2.75, 3.05) is 19.7 Å². The van der Waals surface area contributed by atoms with Crippen LogP contribution in [0, 0.1) is 12.8 Å². The third kappa shape index (κ3) is 5.68. The molecule has 2 heterocycles. The smallest absolute Gasteiger partial charge is 0.315 e. The molecular formula is C20H29N3O4. The number of rotatable bonds is 4. The standard InChI is InChI=1S/C19H27N3O2.CH2O2/c1-13-2-4-14(5-3-13)9-20-19(23)21-16-8-17-12-24-18(15-6-7-15)11-22(17)10-16;2-1-3/h2-5,15-18H,6-12H2,1H3,(H2,20,21,23);1H,(H,2,3)/t16-,17-,18-;/m0./s1. The Morgan fingerprint density at radius 2 is 2.00 bits per heavy atom. The molecule has 0 unspecified atom stereocenters. The lowest BCUT2D eigenvalue weighted by Crippen LogP contribution is -2.47. The second kappa shape index (κ2) is 9.19. The molecular weight excluding hydrogens is 346 g/mol. The van der Waals surface area contributed by atoms with Crippen molar-refractivity contribution in [3.63, 3.8) is 0 Å². The van der Waals surface area contributed by atoms with Crippen molar-refractivity contribution in [1.82, 2.24) is 15.5 Å². The molecule has 1 aromatic carbocycles. The lowest BCUT2D eigenvalue weighted by atomic mass is 10.1. The Labute approximate surface area is 160 Å². The van der Waals surface area contributed by atoms with Gasteiger partial charge in [-0.25, -0.2) is 4.79 Å². The van der Waals surface area contributed by atoms with Gasteiger partial charge >= 0.3 is 6.03 Å². The zero-order valence-corrected chi connectivity index (χ0v) is 15.8. The number of morpholine rings is 1. The van der Waals surface area contributed by atoms with E-state index < -0.39 is 0 Å². The average Bonchev–Trinajstić information content (AvgIpc) is 3.42. The summed E-state index contributed by atoms with van der Waals surface area (Å²) in [7, 11) is 0. The van der Waals surface area contributed by atoms with E-state index >= 15 is 0 Å². The van der Waals surface area contributed by atoms with E-state index in [4.69, 9.17) is 14.6 Å². The third-order valence-electron chi connectivity index (χ3n) is 5.50. The predicted octanol–water partition coefficient (Wildman–Crippen LogP) is 1.75. The quantitative estimate of drug-likeness (QED) is 0.698. The first-order valence-electron chi connectivity index (χ1n) is 9.62. The first kappa shape index (κ1) is 19.6. The minimum atomic E-state index is -0.250. The number of carbonyl (C=O) groups excluding carboxylic acids is 1. The van der Waals surface area contributed by atoms with E-state index in [1.165, 1.54) is 18.4 Å². The highest BCUT2D eigenvalue weighted by molar-refractivity contribution is 5.74. The Balaban J connectivity index is 0.000000659. The molecule has 2 saturated heterocycles. The minimum Gasteiger partial charge on any atom is -0.483 e. The summed E-state index contributed by atoms with van der Waals surface area (Å²) in [6, 6.07) is 8.89. The molecule has 0 radical (unpaired) electrons. The van der Waals surface area contributed by atoms with Gasteiger partial charge in [0.25, 0.3) is 6.47 Å². The van der Waals surface area contributed by atoms with Gasteiger partial charge in [0.05, 0.1) is 12.7 Å². The Kier molecular flexibility index (Phi) is 6.68. The molecule has 3 N–H and O–H groups in total. The molecule has 1 saturated carbocycles. The van der Waals surface area contributed by atoms with Gasteiger partial charge in [0, 0.05) is 31.7 Å². The Morgan fingerprint density at radius 3 is 2.67 bits per heavy atom. The zero-order chi connectivity index (χ0) is 19.2. The summed E-state index contributed by atoms with van der Waals surface area (Å²) < 4.78 is 6.01. The summed E-state index contributed by atoms with van der Waals surface area (Å²) in [5.74, 6) is 0.788. The highest BCUT2D eigenvalue weighted by Gasteiger charge is 2.42. The van der Waals surface area contributed by atoms with Crippen LogP contribution in [-0.2, 0) is 16.1 Å². The van der Waals surface area contributed by atoms with Crippen LogP contribution in [0.5, 0.6) is 0 Å². The number of ether oxygens (including phenoxy) is 1. The molecule has 7 nitrogen and oxygen atoms in total. The van der Waals surface area contributed by atoms with E-state index in [0.717, 1.165) is 37.6 Å². The van der Waals surface area contributed by atoms with Gasteiger partial charge in [-0.3, -0.25) is 9.69 Å². The van der Waals surface area contributed by atoms with Crippen molar-refractivity contribution in [2.45, 2.75) is 50.9 Å². The van der Waals surface area contributed by atoms with Crippen molar-refractivity contribution < 1.29 is 19.4 Å². The maximum absolute atomic E-state index is 12.2. The number of hydrogen-bond donors (Lipinski definition) is 3. The van der Waals surface area contributed by atoms with Crippen LogP contribution in [0.3, 0.4) is 0 Å². The molecule has 2 amide bonds. The number of amides is 2. The number of hydrogen-bond acceptors (Lipinski definition) is 4. The Bertz CT molecular complexity index is 633. The zero-order valence-electron chi connectivity index (χ0n) is 15.8. The molecule has 148 valence electrons. The second-order valence-electron chi connectivity index (χ2n) is 7.67. The number of urea groups is 1. The number of carbonyl (C=O) groups is 2. The van der Waals surface area contributed by atoms with Crippen LogP contribution in [0.4, 0.5) is 4.79 Å². The van der Waals surface area contributed by atoms with Gasteiger partial charge in [0.1, 0.15) is 0 Å². The second-order valence-corrected chi connectivity index (χ2v) is 7.67. The normalized spacial score (nSPS) is 27.1. The van der Waals surface area contributed by atoms with E-state index in [-0.39, 0.29) is 18.5 Å². The van der Waals surface area contributed by atoms with Crippen LogP contribution in [-0.4, -0.2) is 60.4 Å². The van der Waals surface area contributed by atoms with E-state index in [1.54, 1.807) is 0 Å². The maximum atomic E-state index is 12.2. The molecule has 7 heteroatoms. The molecule has 3 fully saturated rings. The average molecular weight is 375 g/mol. The number of fused-ring (bicyclic) bond motifs is 1. The van der Waals surface area contributed by atoms with Gasteiger partial charge in [-0.15, -0.1) is 0 Å². The molecule has 27 heavy (non-hydrogen) atoms. The van der Waals surface area contributed by atoms with Crippen LogP contribution in [0.25, 0.3) is 0 Å². The molecule has 3 aliphatic rings. The minimum absolute atomic E-state index is 0.0694. The number of aryl methyl sites for hydroxylation is 1. The summed E-state index contributed by atoms with van der Waals surface area (Å²) in [6.07, 6.45) is 4.07. The topological polar surface area (TPSA) is 90.9 Å². The maximum Gasteiger partial charge on any atom is 0.315 e. The van der Waals surface area contributed by atoms with Gasteiger partial charge in [0.2, 0.25) is 0 Å². The third-order valence-corrected chi connectivity index (χ3v) is 5.50. The summed E-state index contributed by atoms with van der Waals surface area (Å²) >= 11 is 0. The molecule has 1 aromatic rings. The summed E-state index contributed by atoms with van der Waals surface area (Å²) in [5, 5.41) is 13.0. The molecule has 0 bridgehead atoms. The fourth-order valence-electron chi connectivity index (χ4n) is 3.88. The van der Waals surface area contributed by atoms with E-state index in [9.17, 15) is 4.79 Å². The fraction of sp³-hybridized carbons (Fsp3) is 0.600. The number of nitrogens with one attached hydrogen (secondary N) is 2. The van der Waals surface area contributed by atoms with Crippen LogP contribution in [0.1, 0.15) is 30.4 Å². The fourth-order valence-corrected chi connectivity index (χ4v) is 3.88. The summed E-state index contributed by atoms with van der Waals surface area (Å²) in [5.41, 5.74) is 2.36. The lowest BCUT2D eigenvalue weighted by molar-refractivity contribution is -0.122. The van der Waals surface area contributed by atoms with Crippen molar-refractivity contribution in [1.29, 1.82) is 0 Å². The molecule has 0 spiro atoms. The summed E-state index contributed by atoms with van der Waals surface area (Å²) in [6.45, 7) is 5.20. The first-order valence-corrected chi connectivity index (χ1v) is 9.62. The molecule has 3 atom stereocenters.